The van der Waals surface area contributed by atoms with Crippen molar-refractivity contribution in [3.8, 4) is 11.3 Å². The summed E-state index contributed by atoms with van der Waals surface area (Å²) in [6, 6.07) is 7.74. The Morgan fingerprint density at radius 2 is 1.83 bits per heavy atom. The van der Waals surface area contributed by atoms with E-state index in [9.17, 15) is 36.2 Å². The lowest BCUT2D eigenvalue weighted by atomic mass is 10.0. The van der Waals surface area contributed by atoms with E-state index in [2.05, 4.69) is 15.4 Å². The van der Waals surface area contributed by atoms with E-state index in [0.717, 1.165) is 24.0 Å². The van der Waals surface area contributed by atoms with Crippen LogP contribution in [0.3, 0.4) is 0 Å². The van der Waals surface area contributed by atoms with E-state index in [1.165, 1.54) is 12.1 Å². The van der Waals surface area contributed by atoms with Crippen LogP contribution in [-0.4, -0.2) is 37.0 Å². The fourth-order valence-electron chi connectivity index (χ4n) is 3.83. The zero-order valence-corrected chi connectivity index (χ0v) is 17.9. The first-order valence-corrected chi connectivity index (χ1v) is 10.1. The highest BCUT2D eigenvalue weighted by molar-refractivity contribution is 6.06. The first-order valence-electron chi connectivity index (χ1n) is 10.1. The summed E-state index contributed by atoms with van der Waals surface area (Å²) in [5, 5.41) is 15.7. The molecule has 0 fully saturated rings. The lowest BCUT2D eigenvalue weighted by molar-refractivity contribution is -0.141. The average molecular weight is 497 g/mol. The summed E-state index contributed by atoms with van der Waals surface area (Å²) < 4.78 is 83.8. The van der Waals surface area contributed by atoms with Crippen LogP contribution in [0.2, 0.25) is 0 Å². The second kappa shape index (κ2) is 8.73. The van der Waals surface area contributed by atoms with E-state index >= 15 is 0 Å². The number of alkyl halides is 6. The van der Waals surface area contributed by atoms with Crippen LogP contribution < -0.4 is 5.32 Å². The molecule has 4 rings (SSSR count). The highest BCUT2D eigenvalue weighted by Crippen LogP contribution is 2.41. The predicted molar refractivity (Wildman–Crippen MR) is 113 cm³/mol. The van der Waals surface area contributed by atoms with Gasteiger partial charge in [0.1, 0.15) is 22.6 Å². The minimum Gasteiger partial charge on any atom is -0.395 e. The summed E-state index contributed by atoms with van der Waals surface area (Å²) in [5.74, 6) is -1.29. The van der Waals surface area contributed by atoms with Crippen molar-refractivity contribution in [2.75, 3.05) is 11.9 Å². The van der Waals surface area contributed by atoms with Crippen LogP contribution in [0.15, 0.2) is 48.8 Å². The fourth-order valence-corrected chi connectivity index (χ4v) is 3.83. The topological polar surface area (TPSA) is 85.0 Å². The van der Waals surface area contributed by atoms with Gasteiger partial charge in [0.15, 0.2) is 0 Å². The summed E-state index contributed by atoms with van der Waals surface area (Å²) in [6.45, 7) is 0.0432. The molecule has 0 aliphatic heterocycles. The SMILES string of the molecule is Cn1nc(-c2cccc3c2ccn3CCO)c(C(F)(F)F)c1C(=O)Nc1ccnc(C(F)(F)F)c1. The number of hydrogen-bond acceptors (Lipinski definition) is 4. The molecule has 184 valence electrons. The standard InChI is InChI=1S/C22H17F6N5O2/c1-32-19(20(35)30-12-5-7-29-16(11-12)21(23,24)25)17(22(26,27)28)18(31-32)14-3-2-4-15-13(14)6-8-33(15)9-10-34/h2-8,11,34H,9-10H2,1H3,(H,29,30,35). The molecule has 3 aromatic heterocycles. The molecule has 4 aromatic rings. The number of aliphatic hydroxyl groups excluding tert-OH is 1. The lowest BCUT2D eigenvalue weighted by Crippen LogP contribution is -2.21. The number of aromatic nitrogens is 4. The van der Waals surface area contributed by atoms with Crippen LogP contribution in [0.5, 0.6) is 0 Å². The quantitative estimate of drug-likeness (QED) is 0.391. The first kappa shape index (κ1) is 24.3. The average Bonchev–Trinajstić information content (AvgIpc) is 3.34. The molecule has 0 radical (unpaired) electrons. The Balaban J connectivity index is 1.82. The van der Waals surface area contributed by atoms with Gasteiger partial charge in [0, 0.05) is 48.1 Å². The van der Waals surface area contributed by atoms with Crippen LogP contribution >= 0.6 is 0 Å². The minimum absolute atomic E-state index is 0.101. The predicted octanol–water partition coefficient (Wildman–Crippen LogP) is 4.72. The number of aliphatic hydroxyl groups is 1. The molecule has 0 saturated heterocycles. The summed E-state index contributed by atoms with van der Waals surface area (Å²) >= 11 is 0. The Labute approximate surface area is 193 Å². The number of benzene rings is 1. The molecule has 35 heavy (non-hydrogen) atoms. The summed E-state index contributed by atoms with van der Waals surface area (Å²) in [7, 11) is 1.14. The molecule has 7 nitrogen and oxygen atoms in total. The first-order chi connectivity index (χ1) is 16.4. The van der Waals surface area contributed by atoms with E-state index < -0.39 is 40.9 Å². The van der Waals surface area contributed by atoms with Crippen LogP contribution in [0.4, 0.5) is 32.0 Å². The molecule has 1 aromatic carbocycles. The molecule has 3 heterocycles. The normalized spacial score (nSPS) is 12.3. The van der Waals surface area contributed by atoms with Crippen molar-refractivity contribution in [1.82, 2.24) is 19.3 Å². The van der Waals surface area contributed by atoms with Gasteiger partial charge in [-0.1, -0.05) is 12.1 Å². The van der Waals surface area contributed by atoms with Crippen molar-refractivity contribution >= 4 is 22.5 Å². The maximum atomic E-state index is 14.2. The third-order valence-corrected chi connectivity index (χ3v) is 5.26. The Morgan fingerprint density at radius 3 is 2.49 bits per heavy atom. The van der Waals surface area contributed by atoms with Crippen molar-refractivity contribution in [1.29, 1.82) is 0 Å². The largest absolute Gasteiger partial charge is 0.433 e. The molecular formula is C22H17F6N5O2. The third-order valence-electron chi connectivity index (χ3n) is 5.26. The maximum absolute atomic E-state index is 14.2. The highest BCUT2D eigenvalue weighted by Gasteiger charge is 2.42. The molecule has 1 amide bonds. The van der Waals surface area contributed by atoms with Gasteiger partial charge in [0.25, 0.3) is 5.91 Å². The van der Waals surface area contributed by atoms with Gasteiger partial charge in [0.05, 0.1) is 6.61 Å². The molecule has 13 heteroatoms. The number of carbonyl (C=O) groups excluding carboxylic acids is 1. The van der Waals surface area contributed by atoms with Crippen molar-refractivity contribution in [3.05, 3.63) is 65.7 Å². The van der Waals surface area contributed by atoms with E-state index in [1.807, 2.05) is 0 Å². The number of carbonyl (C=O) groups is 1. The van der Waals surface area contributed by atoms with Gasteiger partial charge in [0.2, 0.25) is 0 Å². The van der Waals surface area contributed by atoms with E-state index in [4.69, 9.17) is 0 Å². The fraction of sp³-hybridized carbons (Fsp3) is 0.227. The lowest BCUT2D eigenvalue weighted by Gasteiger charge is -2.12. The molecule has 0 aliphatic carbocycles. The Hall–Kier alpha value is -3.87. The monoisotopic (exact) mass is 497 g/mol. The van der Waals surface area contributed by atoms with E-state index in [-0.39, 0.29) is 24.4 Å². The number of hydrogen-bond donors (Lipinski definition) is 2. The number of nitrogens with one attached hydrogen (secondary N) is 1. The minimum atomic E-state index is -5.01. The van der Waals surface area contributed by atoms with Gasteiger partial charge >= 0.3 is 12.4 Å². The number of nitrogens with zero attached hydrogens (tertiary/aromatic N) is 4. The molecule has 0 spiro atoms. The van der Waals surface area contributed by atoms with Gasteiger partial charge < -0.3 is 15.0 Å². The summed E-state index contributed by atoms with van der Waals surface area (Å²) in [6.07, 6.45) is -7.42. The number of aryl methyl sites for hydroxylation is 1. The molecular weight excluding hydrogens is 480 g/mol. The Morgan fingerprint density at radius 1 is 1.09 bits per heavy atom. The van der Waals surface area contributed by atoms with Crippen molar-refractivity contribution < 1.29 is 36.2 Å². The molecule has 0 aliphatic rings. The number of pyridine rings is 1. The number of anilines is 1. The van der Waals surface area contributed by atoms with Crippen LogP contribution in [-0.2, 0) is 25.9 Å². The zero-order chi connectivity index (χ0) is 25.5. The van der Waals surface area contributed by atoms with Gasteiger partial charge in [-0.05, 0) is 24.3 Å². The number of fused-ring (bicyclic) bond motifs is 1. The number of amides is 1. The smallest absolute Gasteiger partial charge is 0.395 e. The van der Waals surface area contributed by atoms with Gasteiger partial charge in [-0.2, -0.15) is 31.4 Å². The van der Waals surface area contributed by atoms with E-state index in [0.29, 0.717) is 17.0 Å². The molecule has 0 atom stereocenters. The molecule has 0 saturated carbocycles. The molecule has 0 unspecified atom stereocenters. The van der Waals surface area contributed by atoms with Gasteiger partial charge in [-0.25, -0.2) is 0 Å². The molecule has 0 bridgehead atoms. The highest BCUT2D eigenvalue weighted by atomic mass is 19.4. The van der Waals surface area contributed by atoms with Crippen LogP contribution in [0.1, 0.15) is 21.7 Å². The molecule has 2 N–H and O–H groups in total. The number of rotatable bonds is 5. The van der Waals surface area contributed by atoms with Gasteiger partial charge in [-0.3, -0.25) is 14.5 Å². The zero-order valence-electron chi connectivity index (χ0n) is 17.9. The van der Waals surface area contributed by atoms with Crippen LogP contribution in [0.25, 0.3) is 22.2 Å². The Kier molecular flexibility index (Phi) is 6.05. The van der Waals surface area contributed by atoms with E-state index in [1.54, 1.807) is 22.9 Å². The van der Waals surface area contributed by atoms with Crippen molar-refractivity contribution in [2.24, 2.45) is 7.05 Å². The third kappa shape index (κ3) is 4.58. The van der Waals surface area contributed by atoms with Crippen molar-refractivity contribution in [2.45, 2.75) is 18.9 Å². The Bertz CT molecular complexity index is 1400. The summed E-state index contributed by atoms with van der Waals surface area (Å²) in [4.78, 5) is 16.0. The number of halogens is 6. The maximum Gasteiger partial charge on any atom is 0.433 e. The second-order valence-electron chi connectivity index (χ2n) is 7.55. The summed E-state index contributed by atoms with van der Waals surface area (Å²) in [5.41, 5.74) is -3.74. The van der Waals surface area contributed by atoms with Crippen LogP contribution in [0, 0.1) is 0 Å². The second-order valence-corrected chi connectivity index (χ2v) is 7.55. The van der Waals surface area contributed by atoms with Crippen molar-refractivity contribution in [3.63, 3.8) is 0 Å². The van der Waals surface area contributed by atoms with Gasteiger partial charge in [-0.15, -0.1) is 0 Å².